The molecule has 5 nitrogen and oxygen atoms in total. The van der Waals surface area contributed by atoms with Gasteiger partial charge in [0, 0.05) is 23.7 Å². The molecule has 2 unspecified atom stereocenters. The van der Waals surface area contributed by atoms with E-state index in [1.165, 1.54) is 0 Å². The first-order valence-corrected chi connectivity index (χ1v) is 8.87. The lowest BCUT2D eigenvalue weighted by Gasteiger charge is -2.27. The Morgan fingerprint density at radius 3 is 2.88 bits per heavy atom. The molecule has 2 aromatic rings. The minimum atomic E-state index is 0. The second kappa shape index (κ2) is 7.36. The van der Waals surface area contributed by atoms with Crippen molar-refractivity contribution in [2.24, 2.45) is 0 Å². The van der Waals surface area contributed by atoms with Crippen molar-refractivity contribution < 1.29 is 4.79 Å². The quantitative estimate of drug-likeness (QED) is 0.869. The molecular weight excluding hydrogens is 359 g/mol. The Bertz CT molecular complexity index is 762. The molecule has 0 saturated carbocycles. The number of aromatic nitrogens is 2. The maximum Gasteiger partial charge on any atom is 0.257 e. The second-order valence-corrected chi connectivity index (χ2v) is 7.06. The molecular formula is C18H22Cl2N4O. The van der Waals surface area contributed by atoms with Crippen LogP contribution in [0.1, 0.15) is 35.3 Å². The Morgan fingerprint density at radius 2 is 2.08 bits per heavy atom. The lowest BCUT2D eigenvalue weighted by Crippen LogP contribution is -2.42. The smallest absolute Gasteiger partial charge is 0.257 e. The van der Waals surface area contributed by atoms with E-state index in [9.17, 15) is 4.79 Å². The molecule has 0 spiro atoms. The first kappa shape index (κ1) is 18.2. The van der Waals surface area contributed by atoms with Gasteiger partial charge in [-0.3, -0.25) is 4.79 Å². The Kier molecular flexibility index (Phi) is 5.37. The highest BCUT2D eigenvalue weighted by Gasteiger charge is 2.39. The monoisotopic (exact) mass is 380 g/mol. The Morgan fingerprint density at radius 1 is 1.28 bits per heavy atom. The molecule has 2 fully saturated rings. The Balaban J connectivity index is 0.00000182. The zero-order valence-corrected chi connectivity index (χ0v) is 15.7. The number of benzene rings is 1. The number of carbonyl (C=O) groups is 1. The summed E-state index contributed by atoms with van der Waals surface area (Å²) in [6.07, 6.45) is 4.92. The van der Waals surface area contributed by atoms with Crippen LogP contribution in [-0.2, 0) is 0 Å². The number of amides is 1. The maximum atomic E-state index is 13.2. The number of nitrogens with zero attached hydrogens (tertiary/aromatic N) is 3. The van der Waals surface area contributed by atoms with E-state index in [1.54, 1.807) is 10.9 Å². The van der Waals surface area contributed by atoms with E-state index < -0.39 is 0 Å². The van der Waals surface area contributed by atoms with E-state index in [2.05, 4.69) is 15.3 Å². The van der Waals surface area contributed by atoms with Crippen LogP contribution in [0.5, 0.6) is 0 Å². The summed E-state index contributed by atoms with van der Waals surface area (Å²) in [6.45, 7) is 3.83. The molecule has 0 radical (unpaired) electrons. The fraction of sp³-hybridized carbons (Fsp3) is 0.444. The standard InChI is InChI=1S/C18H21ClN4O.ClH/c1-12-17(11-21-23(12)15-4-2-3-13(19)9-15)18(24)22-14-5-6-16(22)10-20-8-7-14;/h2-4,9,11,14,16,20H,5-8,10H2,1H3;1H. The molecule has 1 amide bonds. The van der Waals surface area contributed by atoms with Gasteiger partial charge in [0.2, 0.25) is 0 Å². The predicted molar refractivity (Wildman–Crippen MR) is 101 cm³/mol. The number of carbonyl (C=O) groups excluding carboxylic acids is 1. The van der Waals surface area contributed by atoms with Crippen molar-refractivity contribution in [1.82, 2.24) is 20.0 Å². The molecule has 3 heterocycles. The molecule has 2 aliphatic heterocycles. The fourth-order valence-electron chi connectivity index (χ4n) is 3.94. The molecule has 1 aromatic carbocycles. The Labute approximate surface area is 158 Å². The van der Waals surface area contributed by atoms with Crippen molar-refractivity contribution in [3.05, 3.63) is 46.7 Å². The van der Waals surface area contributed by atoms with Crippen molar-refractivity contribution in [3.8, 4) is 5.69 Å². The highest BCUT2D eigenvalue weighted by atomic mass is 35.5. The summed E-state index contributed by atoms with van der Waals surface area (Å²) < 4.78 is 1.79. The van der Waals surface area contributed by atoms with Crippen molar-refractivity contribution in [3.63, 3.8) is 0 Å². The first-order chi connectivity index (χ1) is 11.6. The van der Waals surface area contributed by atoms with E-state index in [4.69, 9.17) is 11.6 Å². The number of rotatable bonds is 2. The summed E-state index contributed by atoms with van der Waals surface area (Å²) in [5.41, 5.74) is 2.42. The zero-order chi connectivity index (χ0) is 16.7. The molecule has 1 aromatic heterocycles. The topological polar surface area (TPSA) is 50.2 Å². The fourth-order valence-corrected chi connectivity index (χ4v) is 4.13. The second-order valence-electron chi connectivity index (χ2n) is 6.63. The van der Waals surface area contributed by atoms with E-state index in [1.807, 2.05) is 31.2 Å². The van der Waals surface area contributed by atoms with Crippen LogP contribution < -0.4 is 5.32 Å². The van der Waals surface area contributed by atoms with Gasteiger partial charge >= 0.3 is 0 Å². The number of hydrogen-bond donors (Lipinski definition) is 1. The van der Waals surface area contributed by atoms with E-state index in [0.717, 1.165) is 43.7 Å². The van der Waals surface area contributed by atoms with Gasteiger partial charge in [-0.05, 0) is 50.9 Å². The van der Waals surface area contributed by atoms with Gasteiger partial charge in [0.15, 0.2) is 0 Å². The van der Waals surface area contributed by atoms with Gasteiger partial charge in [-0.25, -0.2) is 4.68 Å². The third-order valence-electron chi connectivity index (χ3n) is 5.18. The van der Waals surface area contributed by atoms with Gasteiger partial charge in [0.05, 0.1) is 23.1 Å². The van der Waals surface area contributed by atoms with Crippen LogP contribution in [0.4, 0.5) is 0 Å². The highest BCUT2D eigenvalue weighted by molar-refractivity contribution is 6.30. The number of nitrogens with one attached hydrogen (secondary N) is 1. The molecule has 0 aliphatic carbocycles. The van der Waals surface area contributed by atoms with Crippen LogP contribution in [0.25, 0.3) is 5.69 Å². The van der Waals surface area contributed by atoms with Crippen LogP contribution in [-0.4, -0.2) is 45.8 Å². The van der Waals surface area contributed by atoms with E-state index >= 15 is 0 Å². The van der Waals surface area contributed by atoms with E-state index in [0.29, 0.717) is 22.7 Å². The third-order valence-corrected chi connectivity index (χ3v) is 5.42. The molecule has 4 rings (SSSR count). The molecule has 2 aliphatic rings. The summed E-state index contributed by atoms with van der Waals surface area (Å²) in [4.78, 5) is 15.3. The molecule has 25 heavy (non-hydrogen) atoms. The maximum absolute atomic E-state index is 13.2. The van der Waals surface area contributed by atoms with Crippen molar-refractivity contribution in [1.29, 1.82) is 0 Å². The molecule has 2 atom stereocenters. The molecule has 1 N–H and O–H groups in total. The number of hydrogen-bond acceptors (Lipinski definition) is 3. The average molecular weight is 381 g/mol. The summed E-state index contributed by atoms with van der Waals surface area (Å²) in [5, 5.41) is 8.53. The largest absolute Gasteiger partial charge is 0.331 e. The SMILES string of the molecule is Cc1c(C(=O)N2C3CCNCC2CC3)cnn1-c1cccc(Cl)c1.Cl. The van der Waals surface area contributed by atoms with Gasteiger partial charge in [0.25, 0.3) is 5.91 Å². The van der Waals surface area contributed by atoms with Gasteiger partial charge in [-0.1, -0.05) is 17.7 Å². The first-order valence-electron chi connectivity index (χ1n) is 8.49. The van der Waals surface area contributed by atoms with Crippen LogP contribution in [0.3, 0.4) is 0 Å². The summed E-state index contributed by atoms with van der Waals surface area (Å²) in [6, 6.07) is 8.18. The third kappa shape index (κ3) is 3.28. The van der Waals surface area contributed by atoms with Crippen molar-refractivity contribution >= 4 is 29.9 Å². The van der Waals surface area contributed by atoms with Gasteiger partial charge < -0.3 is 10.2 Å². The lowest BCUT2D eigenvalue weighted by atomic mass is 10.1. The normalized spacial score (nSPS) is 22.4. The van der Waals surface area contributed by atoms with Crippen LogP contribution >= 0.6 is 24.0 Å². The minimum Gasteiger partial charge on any atom is -0.331 e. The van der Waals surface area contributed by atoms with Gasteiger partial charge in [-0.15, -0.1) is 12.4 Å². The van der Waals surface area contributed by atoms with Crippen LogP contribution in [0.2, 0.25) is 5.02 Å². The van der Waals surface area contributed by atoms with Crippen LogP contribution in [0.15, 0.2) is 30.5 Å². The molecule has 2 bridgehead atoms. The van der Waals surface area contributed by atoms with Crippen LogP contribution in [0, 0.1) is 6.92 Å². The summed E-state index contributed by atoms with van der Waals surface area (Å²) in [5.74, 6) is 0.108. The number of halogens is 2. The van der Waals surface area contributed by atoms with Gasteiger partial charge in [0.1, 0.15) is 0 Å². The molecule has 2 saturated heterocycles. The number of fused-ring (bicyclic) bond motifs is 2. The summed E-state index contributed by atoms with van der Waals surface area (Å²) in [7, 11) is 0. The zero-order valence-electron chi connectivity index (χ0n) is 14.1. The van der Waals surface area contributed by atoms with Gasteiger partial charge in [-0.2, -0.15) is 5.10 Å². The predicted octanol–water partition coefficient (Wildman–Crippen LogP) is 3.22. The van der Waals surface area contributed by atoms with Crippen molar-refractivity contribution in [2.75, 3.05) is 13.1 Å². The highest BCUT2D eigenvalue weighted by Crippen LogP contribution is 2.30. The lowest BCUT2D eigenvalue weighted by molar-refractivity contribution is 0.0679. The average Bonchev–Trinajstić information content (AvgIpc) is 3.05. The minimum absolute atomic E-state index is 0. The molecule has 7 heteroatoms. The van der Waals surface area contributed by atoms with Crippen molar-refractivity contribution in [2.45, 2.75) is 38.3 Å². The summed E-state index contributed by atoms with van der Waals surface area (Å²) >= 11 is 6.08. The molecule has 134 valence electrons. The Hall–Kier alpha value is -1.56. The van der Waals surface area contributed by atoms with E-state index in [-0.39, 0.29) is 18.3 Å².